The molecule has 6 heteroatoms. The predicted octanol–water partition coefficient (Wildman–Crippen LogP) is 3.60. The number of hydrogen-bond acceptors (Lipinski definition) is 3. The fourth-order valence-corrected chi connectivity index (χ4v) is 1.80. The number of aryl methyl sites for hydroxylation is 1. The largest absolute Gasteiger partial charge is 0.418 e. The summed E-state index contributed by atoms with van der Waals surface area (Å²) in [5.41, 5.74) is 6.36. The van der Waals surface area contributed by atoms with Gasteiger partial charge in [0, 0.05) is 17.6 Å². The molecule has 0 spiro atoms. The summed E-state index contributed by atoms with van der Waals surface area (Å²) in [6.45, 7) is 2.25. The van der Waals surface area contributed by atoms with Gasteiger partial charge in [-0.1, -0.05) is 6.07 Å². The van der Waals surface area contributed by atoms with Gasteiger partial charge in [0.15, 0.2) is 0 Å². The van der Waals surface area contributed by atoms with Crippen LogP contribution in [0.1, 0.15) is 16.8 Å². The number of alkyl halides is 3. The molecule has 2 rings (SSSR count). The van der Waals surface area contributed by atoms with Crippen LogP contribution in [0.15, 0.2) is 36.5 Å². The lowest BCUT2D eigenvalue weighted by molar-refractivity contribution is -0.136. The third-order valence-electron chi connectivity index (χ3n) is 2.94. The summed E-state index contributed by atoms with van der Waals surface area (Å²) >= 11 is 0. The van der Waals surface area contributed by atoms with Gasteiger partial charge in [-0.15, -0.1) is 0 Å². The first-order valence-electron chi connectivity index (χ1n) is 5.99. The van der Waals surface area contributed by atoms with E-state index in [1.165, 1.54) is 12.1 Å². The van der Waals surface area contributed by atoms with Gasteiger partial charge in [-0.3, -0.25) is 4.98 Å². The molecule has 1 heterocycles. The third kappa shape index (κ3) is 3.20. The van der Waals surface area contributed by atoms with Crippen LogP contribution >= 0.6 is 0 Å². The van der Waals surface area contributed by atoms with E-state index in [0.29, 0.717) is 12.2 Å². The maximum atomic E-state index is 12.7. The van der Waals surface area contributed by atoms with E-state index in [1.54, 1.807) is 6.20 Å². The summed E-state index contributed by atoms with van der Waals surface area (Å²) in [7, 11) is 0. The quantitative estimate of drug-likeness (QED) is 0.845. The van der Waals surface area contributed by atoms with Gasteiger partial charge in [-0.25, -0.2) is 0 Å². The van der Waals surface area contributed by atoms with E-state index in [9.17, 15) is 13.2 Å². The number of benzene rings is 1. The highest BCUT2D eigenvalue weighted by atomic mass is 19.4. The van der Waals surface area contributed by atoms with Crippen LogP contribution in [0.3, 0.4) is 0 Å². The molecule has 0 aliphatic heterocycles. The number of rotatable bonds is 3. The van der Waals surface area contributed by atoms with Gasteiger partial charge in [-0.2, -0.15) is 13.2 Å². The van der Waals surface area contributed by atoms with Crippen molar-refractivity contribution in [1.29, 1.82) is 0 Å². The lowest BCUT2D eigenvalue weighted by Gasteiger charge is -2.13. The highest BCUT2D eigenvalue weighted by Gasteiger charge is 2.33. The molecule has 3 N–H and O–H groups in total. The molecule has 2 aromatic rings. The second-order valence-electron chi connectivity index (χ2n) is 4.42. The molecule has 106 valence electrons. The number of aromatic nitrogens is 1. The molecule has 0 amide bonds. The van der Waals surface area contributed by atoms with Crippen LogP contribution in [0, 0.1) is 6.92 Å². The van der Waals surface area contributed by atoms with Gasteiger partial charge in [0.05, 0.1) is 17.8 Å². The summed E-state index contributed by atoms with van der Waals surface area (Å²) in [5, 5.41) is 2.92. The van der Waals surface area contributed by atoms with E-state index in [0.717, 1.165) is 17.3 Å². The maximum Gasteiger partial charge on any atom is 0.418 e. The van der Waals surface area contributed by atoms with Crippen molar-refractivity contribution in [2.24, 2.45) is 0 Å². The zero-order valence-electron chi connectivity index (χ0n) is 10.8. The van der Waals surface area contributed by atoms with E-state index in [-0.39, 0.29) is 5.69 Å². The number of hydrogen-bond donors (Lipinski definition) is 2. The molecule has 1 aromatic carbocycles. The summed E-state index contributed by atoms with van der Waals surface area (Å²) in [4.78, 5) is 4.17. The second kappa shape index (κ2) is 5.40. The summed E-state index contributed by atoms with van der Waals surface area (Å²) < 4.78 is 38.2. The minimum Gasteiger partial charge on any atom is -0.398 e. The molecule has 20 heavy (non-hydrogen) atoms. The number of pyridine rings is 1. The second-order valence-corrected chi connectivity index (χ2v) is 4.42. The van der Waals surface area contributed by atoms with E-state index in [2.05, 4.69) is 10.3 Å². The standard InChI is InChI=1S/C14H14F3N3/c1-9-3-2-6-19-13(9)8-20-10-4-5-12(18)11(7-10)14(15,16)17/h2-7,20H,8,18H2,1H3. The molecular weight excluding hydrogens is 267 g/mol. The number of anilines is 2. The summed E-state index contributed by atoms with van der Waals surface area (Å²) in [6.07, 6.45) is -2.81. The molecule has 0 aliphatic carbocycles. The van der Waals surface area contributed by atoms with Gasteiger partial charge in [-0.05, 0) is 36.8 Å². The molecule has 0 aliphatic rings. The van der Waals surface area contributed by atoms with Crippen molar-refractivity contribution in [2.45, 2.75) is 19.6 Å². The molecule has 0 fully saturated rings. The molecule has 0 unspecified atom stereocenters. The number of nitrogens with one attached hydrogen (secondary N) is 1. The Bertz CT molecular complexity index is 609. The van der Waals surface area contributed by atoms with E-state index >= 15 is 0 Å². The molecule has 0 radical (unpaired) electrons. The zero-order chi connectivity index (χ0) is 14.8. The van der Waals surface area contributed by atoms with Crippen LogP contribution < -0.4 is 11.1 Å². The van der Waals surface area contributed by atoms with Crippen molar-refractivity contribution < 1.29 is 13.2 Å². The minimum absolute atomic E-state index is 0.280. The van der Waals surface area contributed by atoms with Gasteiger partial charge in [0.2, 0.25) is 0 Å². The topological polar surface area (TPSA) is 50.9 Å². The number of nitrogens with zero attached hydrogens (tertiary/aromatic N) is 1. The van der Waals surface area contributed by atoms with Crippen molar-refractivity contribution in [1.82, 2.24) is 4.98 Å². The molecule has 0 atom stereocenters. The fraction of sp³-hybridized carbons (Fsp3) is 0.214. The van der Waals surface area contributed by atoms with Crippen molar-refractivity contribution in [3.8, 4) is 0 Å². The van der Waals surface area contributed by atoms with Gasteiger partial charge in [0.1, 0.15) is 0 Å². The molecule has 0 saturated heterocycles. The average molecular weight is 281 g/mol. The van der Waals surface area contributed by atoms with E-state index in [4.69, 9.17) is 5.73 Å². The van der Waals surface area contributed by atoms with Crippen molar-refractivity contribution in [3.63, 3.8) is 0 Å². The Kier molecular flexibility index (Phi) is 3.83. The van der Waals surface area contributed by atoms with Gasteiger partial charge in [0.25, 0.3) is 0 Å². The SMILES string of the molecule is Cc1cccnc1CNc1ccc(N)c(C(F)(F)F)c1. The Hall–Kier alpha value is -2.24. The van der Waals surface area contributed by atoms with Crippen LogP contribution in [0.25, 0.3) is 0 Å². The Morgan fingerprint density at radius 3 is 2.65 bits per heavy atom. The number of nitrogens with two attached hydrogens (primary N) is 1. The number of halogens is 3. The first kappa shape index (κ1) is 14.2. The smallest absolute Gasteiger partial charge is 0.398 e. The van der Waals surface area contributed by atoms with Gasteiger partial charge < -0.3 is 11.1 Å². The first-order chi connectivity index (χ1) is 9.38. The average Bonchev–Trinajstić information content (AvgIpc) is 2.38. The van der Waals surface area contributed by atoms with Crippen molar-refractivity contribution in [2.75, 3.05) is 11.1 Å². The van der Waals surface area contributed by atoms with Crippen LogP contribution in [-0.4, -0.2) is 4.98 Å². The lowest BCUT2D eigenvalue weighted by atomic mass is 10.1. The highest BCUT2D eigenvalue weighted by molar-refractivity contribution is 5.58. The normalized spacial score (nSPS) is 11.4. The molecule has 0 bridgehead atoms. The highest BCUT2D eigenvalue weighted by Crippen LogP contribution is 2.35. The Morgan fingerprint density at radius 1 is 1.25 bits per heavy atom. The predicted molar refractivity (Wildman–Crippen MR) is 72.2 cm³/mol. The zero-order valence-corrected chi connectivity index (χ0v) is 10.8. The van der Waals surface area contributed by atoms with Crippen molar-refractivity contribution in [3.05, 3.63) is 53.3 Å². The van der Waals surface area contributed by atoms with E-state index in [1.807, 2.05) is 19.1 Å². The van der Waals surface area contributed by atoms with Crippen LogP contribution in [0.2, 0.25) is 0 Å². The molecule has 1 aromatic heterocycles. The van der Waals surface area contributed by atoms with Crippen LogP contribution in [-0.2, 0) is 12.7 Å². The maximum absolute atomic E-state index is 12.7. The first-order valence-corrected chi connectivity index (χ1v) is 5.99. The van der Waals surface area contributed by atoms with Crippen molar-refractivity contribution >= 4 is 11.4 Å². The Labute approximate surface area is 114 Å². The fourth-order valence-electron chi connectivity index (χ4n) is 1.80. The number of nitrogen functional groups attached to an aromatic ring is 1. The van der Waals surface area contributed by atoms with Gasteiger partial charge >= 0.3 is 6.18 Å². The molecular formula is C14H14F3N3. The van der Waals surface area contributed by atoms with E-state index < -0.39 is 11.7 Å². The Balaban J connectivity index is 2.17. The molecule has 3 nitrogen and oxygen atoms in total. The third-order valence-corrected chi connectivity index (χ3v) is 2.94. The minimum atomic E-state index is -4.46. The monoisotopic (exact) mass is 281 g/mol. The lowest BCUT2D eigenvalue weighted by Crippen LogP contribution is -2.10. The van der Waals surface area contributed by atoms with Crippen LogP contribution in [0.5, 0.6) is 0 Å². The summed E-state index contributed by atoms with van der Waals surface area (Å²) in [6, 6.07) is 7.48. The van der Waals surface area contributed by atoms with Crippen LogP contribution in [0.4, 0.5) is 24.5 Å². The molecule has 0 saturated carbocycles. The summed E-state index contributed by atoms with van der Waals surface area (Å²) in [5.74, 6) is 0. The Morgan fingerprint density at radius 2 is 2.00 bits per heavy atom.